The van der Waals surface area contributed by atoms with E-state index in [1.165, 1.54) is 121 Å². The molecule has 572 valence electrons. The number of hydrogen-bond acceptors (Lipinski definition) is 2. The highest BCUT2D eigenvalue weighted by Crippen LogP contribution is 2.63. The highest BCUT2D eigenvalue weighted by atomic mass is 15.2. The van der Waals surface area contributed by atoms with Crippen LogP contribution in [0.25, 0.3) is 132 Å². The number of hydrogen-bond donors (Lipinski definition) is 0. The largest absolute Gasteiger partial charge is 0.310 e. The summed E-state index contributed by atoms with van der Waals surface area (Å²) >= 11 is 0. The average Bonchev–Trinajstić information content (AvgIpc) is 1.46. The third kappa shape index (κ3) is 11.3. The SMILES string of the molecule is CC(C)(C)c1cc2c3c(c1)N(c1cccc4c5cccc(-n6c7ccc(C(C)(C)C)cc7c7cc(C(C)(C)C)ccc76)c5n(-c5ccccc5)c14)c1cc(-n4c5ccccc5c5ccccc54)ccc1C3c1ccc(-n3c4ccc(C(C)(C)C)cc4c4cc(C(C)(C)C)ccc43)cc1N2c1cc(-c2ccccc2)cc(-c2ccccc2)c1. The third-order valence-corrected chi connectivity index (χ3v) is 25.6. The molecular formula is C111H98N6. The molecule has 6 heterocycles. The molecule has 15 aromatic carbocycles. The van der Waals surface area contributed by atoms with Crippen molar-refractivity contribution in [2.24, 2.45) is 0 Å². The fraction of sp³-hybridized carbons (Fsp3) is 0.189. The van der Waals surface area contributed by atoms with E-state index in [1.54, 1.807) is 0 Å². The Kier molecular flexibility index (Phi) is 15.8. The molecule has 117 heavy (non-hydrogen) atoms. The fourth-order valence-electron chi connectivity index (χ4n) is 19.5. The molecule has 6 heteroatoms. The number of rotatable bonds is 8. The molecule has 0 N–H and O–H groups in total. The van der Waals surface area contributed by atoms with Gasteiger partial charge in [-0.2, -0.15) is 0 Å². The first-order valence-corrected chi connectivity index (χ1v) is 41.8. The first kappa shape index (κ1) is 71.8. The highest BCUT2D eigenvalue weighted by Gasteiger charge is 2.44. The van der Waals surface area contributed by atoms with Crippen LogP contribution in [0.2, 0.25) is 0 Å². The van der Waals surface area contributed by atoms with Gasteiger partial charge in [-0.15, -0.1) is 0 Å². The van der Waals surface area contributed by atoms with E-state index < -0.39 is 0 Å². The Labute approximate surface area is 686 Å². The lowest BCUT2D eigenvalue weighted by molar-refractivity contribution is 0.589. The van der Waals surface area contributed by atoms with Crippen LogP contribution in [0.15, 0.2) is 315 Å². The predicted octanol–water partition coefficient (Wildman–Crippen LogP) is 30.6. The molecule has 1 atom stereocenters. The molecule has 0 fully saturated rings. The summed E-state index contributed by atoms with van der Waals surface area (Å²) in [6.45, 7) is 35.2. The quantitative estimate of drug-likeness (QED) is 0.152. The Bertz CT molecular complexity index is 7070. The molecule has 6 nitrogen and oxygen atoms in total. The lowest BCUT2D eigenvalue weighted by Crippen LogP contribution is -2.30. The molecule has 2 aliphatic rings. The Balaban J connectivity index is 0.900. The summed E-state index contributed by atoms with van der Waals surface area (Å²) in [6, 6.07) is 122. The molecule has 0 saturated heterocycles. The monoisotopic (exact) mass is 1510 g/mol. The first-order chi connectivity index (χ1) is 56.2. The molecule has 0 spiro atoms. The molecular weight excluding hydrogens is 1420 g/mol. The molecule has 2 aliphatic heterocycles. The van der Waals surface area contributed by atoms with Crippen LogP contribution in [0.1, 0.15) is 154 Å². The van der Waals surface area contributed by atoms with Crippen LogP contribution in [0, 0.1) is 0 Å². The van der Waals surface area contributed by atoms with Gasteiger partial charge in [-0.25, -0.2) is 0 Å². The van der Waals surface area contributed by atoms with Gasteiger partial charge in [0, 0.05) is 77.3 Å². The second-order valence-corrected chi connectivity index (χ2v) is 38.3. The minimum absolute atomic E-state index is 0.0586. The zero-order chi connectivity index (χ0) is 80.3. The highest BCUT2D eigenvalue weighted by molar-refractivity contribution is 6.19. The number of anilines is 6. The van der Waals surface area contributed by atoms with Crippen molar-refractivity contribution in [3.05, 3.63) is 360 Å². The lowest BCUT2D eigenvalue weighted by Gasteiger charge is -2.46. The van der Waals surface area contributed by atoms with Gasteiger partial charge in [0.1, 0.15) is 0 Å². The molecule has 1 unspecified atom stereocenters. The summed E-state index contributed by atoms with van der Waals surface area (Å²) in [6.07, 6.45) is 0. The zero-order valence-electron chi connectivity index (χ0n) is 69.8. The van der Waals surface area contributed by atoms with Gasteiger partial charge in [-0.3, -0.25) is 0 Å². The van der Waals surface area contributed by atoms with Crippen LogP contribution in [0.5, 0.6) is 0 Å². The summed E-state index contributed by atoms with van der Waals surface area (Å²) in [4.78, 5) is 5.39. The van der Waals surface area contributed by atoms with Crippen molar-refractivity contribution in [3.8, 4) is 45.0 Å². The number of fused-ring (bicyclic) bond motifs is 16. The van der Waals surface area contributed by atoms with E-state index in [1.807, 2.05) is 0 Å². The molecule has 0 amide bonds. The van der Waals surface area contributed by atoms with Crippen molar-refractivity contribution in [2.75, 3.05) is 9.80 Å². The molecule has 21 rings (SSSR count). The van der Waals surface area contributed by atoms with E-state index in [2.05, 4.69) is 447 Å². The van der Waals surface area contributed by atoms with Gasteiger partial charge < -0.3 is 28.1 Å². The zero-order valence-corrected chi connectivity index (χ0v) is 69.8. The van der Waals surface area contributed by atoms with Gasteiger partial charge in [-0.1, -0.05) is 280 Å². The second kappa shape index (κ2) is 25.8. The Morgan fingerprint density at radius 2 is 0.556 bits per heavy atom. The Hall–Kier alpha value is -12.9. The van der Waals surface area contributed by atoms with Gasteiger partial charge in [0.15, 0.2) is 0 Å². The van der Waals surface area contributed by atoms with Crippen molar-refractivity contribution in [3.63, 3.8) is 0 Å². The number of para-hydroxylation sites is 5. The summed E-state index contributed by atoms with van der Waals surface area (Å²) in [5.74, 6) is -0.241. The molecule has 0 saturated carbocycles. The van der Waals surface area contributed by atoms with Crippen LogP contribution >= 0.6 is 0 Å². The van der Waals surface area contributed by atoms with Gasteiger partial charge in [0.25, 0.3) is 0 Å². The summed E-state index contributed by atoms with van der Waals surface area (Å²) in [5, 5.41) is 9.85. The van der Waals surface area contributed by atoms with E-state index in [9.17, 15) is 0 Å². The van der Waals surface area contributed by atoms with Gasteiger partial charge in [0.05, 0.1) is 78.3 Å². The van der Waals surface area contributed by atoms with Crippen molar-refractivity contribution in [2.45, 2.75) is 137 Å². The second-order valence-electron chi connectivity index (χ2n) is 38.3. The molecule has 19 aromatic rings. The minimum Gasteiger partial charge on any atom is -0.310 e. The van der Waals surface area contributed by atoms with E-state index in [-0.39, 0.29) is 33.0 Å². The predicted molar refractivity (Wildman–Crippen MR) is 498 cm³/mol. The summed E-state index contributed by atoms with van der Waals surface area (Å²) < 4.78 is 10.3. The lowest BCUT2D eigenvalue weighted by atomic mass is 9.73. The number of nitrogens with zero attached hydrogens (tertiary/aromatic N) is 6. The number of aromatic nitrogens is 4. The van der Waals surface area contributed by atoms with Gasteiger partial charge in [-0.05, 0) is 228 Å². The maximum absolute atomic E-state index is 2.71. The van der Waals surface area contributed by atoms with Crippen LogP contribution < -0.4 is 9.80 Å². The summed E-state index contributed by atoms with van der Waals surface area (Å²) in [7, 11) is 0. The van der Waals surface area contributed by atoms with E-state index in [0.717, 1.165) is 90.2 Å². The Morgan fingerprint density at radius 3 is 0.991 bits per heavy atom. The first-order valence-electron chi connectivity index (χ1n) is 41.8. The van der Waals surface area contributed by atoms with Crippen molar-refractivity contribution >= 4 is 121 Å². The normalized spacial score (nSPS) is 14.0. The minimum atomic E-state index is -0.336. The third-order valence-electron chi connectivity index (χ3n) is 25.6. The van der Waals surface area contributed by atoms with Crippen LogP contribution in [0.3, 0.4) is 0 Å². The van der Waals surface area contributed by atoms with E-state index in [4.69, 9.17) is 0 Å². The molecule has 0 bridgehead atoms. The van der Waals surface area contributed by atoms with Gasteiger partial charge >= 0.3 is 0 Å². The smallest absolute Gasteiger partial charge is 0.0783 e. The fourth-order valence-corrected chi connectivity index (χ4v) is 19.5. The van der Waals surface area contributed by atoms with Crippen molar-refractivity contribution < 1.29 is 0 Å². The van der Waals surface area contributed by atoms with Crippen molar-refractivity contribution in [1.29, 1.82) is 0 Å². The van der Waals surface area contributed by atoms with E-state index >= 15 is 0 Å². The maximum Gasteiger partial charge on any atom is 0.0783 e. The molecule has 0 radical (unpaired) electrons. The molecule has 0 aliphatic carbocycles. The standard InChI is InChI=1S/C111H98N6/c1-107(2,3)72-45-53-93-87(60-72)88-61-73(108(4,5)6)46-54-94(88)113(93)78-49-51-85-99(66-78)114(80-58-70(68-31-19-16-20-32-68)57-71(59-80)69-33-21-17-22-34-69)101-64-76(111(13,14)15)65-102-104(101)103(85)86-52-50-79(112-91-41-27-25-37-81(91)82-38-26-28-42-92(82)112)67-100(86)117(102)98-44-30-40-84-83-39-29-43-97(105(83)115(106(84)98)77-35-23-18-24-36-77)116-95-55-47-74(109(7,8)9)62-89(95)90-63-75(110(10,11)12)48-56-96(90)116/h16-67,103H,1-15H3. The maximum atomic E-state index is 2.71. The Morgan fingerprint density at radius 1 is 0.197 bits per heavy atom. The van der Waals surface area contributed by atoms with Crippen LogP contribution in [-0.2, 0) is 27.1 Å². The van der Waals surface area contributed by atoms with E-state index in [0.29, 0.717) is 0 Å². The van der Waals surface area contributed by atoms with Crippen molar-refractivity contribution in [1.82, 2.24) is 18.3 Å². The van der Waals surface area contributed by atoms with Gasteiger partial charge in [0.2, 0.25) is 0 Å². The number of benzene rings is 15. The topological polar surface area (TPSA) is 26.2 Å². The van der Waals surface area contributed by atoms with Crippen LogP contribution in [0.4, 0.5) is 34.1 Å². The van der Waals surface area contributed by atoms with Crippen LogP contribution in [-0.4, -0.2) is 18.3 Å². The average molecular weight is 1520 g/mol. The summed E-state index contributed by atoms with van der Waals surface area (Å²) in [5.41, 5.74) is 34.7. The molecule has 4 aromatic heterocycles.